The Morgan fingerprint density at radius 1 is 1.20 bits per heavy atom. The number of nitrogens with two attached hydrogens (primary N) is 1. The summed E-state index contributed by atoms with van der Waals surface area (Å²) in [5, 5.41) is 2.95. The van der Waals surface area contributed by atoms with Gasteiger partial charge in [-0.1, -0.05) is 32.1 Å². The van der Waals surface area contributed by atoms with Gasteiger partial charge >= 0.3 is 11.7 Å². The summed E-state index contributed by atoms with van der Waals surface area (Å²) < 4.78 is 9.71. The van der Waals surface area contributed by atoms with Gasteiger partial charge in [-0.25, -0.2) is 14.6 Å². The van der Waals surface area contributed by atoms with E-state index < -0.39 is 17.2 Å². The third-order valence-electron chi connectivity index (χ3n) is 7.36. The van der Waals surface area contributed by atoms with Gasteiger partial charge in [-0.3, -0.25) is 18.5 Å². The Balaban J connectivity index is 1.79. The zero-order chi connectivity index (χ0) is 29.5. The molecule has 3 aromatic heterocycles. The number of aromatic nitrogens is 5. The predicted octanol–water partition coefficient (Wildman–Crippen LogP) is 2.07. The molecule has 4 rings (SSSR count). The van der Waals surface area contributed by atoms with Crippen molar-refractivity contribution in [3.05, 3.63) is 44.2 Å². The van der Waals surface area contributed by atoms with Crippen LogP contribution in [0.25, 0.3) is 11.2 Å². The number of anilines is 2. The Labute approximate surface area is 239 Å². The van der Waals surface area contributed by atoms with Gasteiger partial charge in [-0.2, -0.15) is 4.98 Å². The fraction of sp³-hybridized carbons (Fsp3) is 0.552. The lowest BCUT2D eigenvalue weighted by Gasteiger charge is -2.31. The van der Waals surface area contributed by atoms with E-state index in [2.05, 4.69) is 29.1 Å². The molecule has 3 N–H and O–H groups in total. The summed E-state index contributed by atoms with van der Waals surface area (Å²) in [5.41, 5.74) is 6.14. The zero-order valence-corrected chi connectivity index (χ0v) is 24.4. The molecule has 0 aromatic carbocycles. The molecular weight excluding hydrogens is 524 g/mol. The number of carbonyl (C=O) groups is 1. The number of hydrogen-bond donors (Lipinski definition) is 2. The summed E-state index contributed by atoms with van der Waals surface area (Å²) in [5.74, 6) is 6.44. The van der Waals surface area contributed by atoms with Gasteiger partial charge in [0, 0.05) is 33.2 Å². The lowest BCUT2D eigenvalue weighted by atomic mass is 10.1. The average Bonchev–Trinajstić information content (AvgIpc) is 3.36. The Morgan fingerprint density at radius 3 is 2.71 bits per heavy atom. The first-order chi connectivity index (χ1) is 19.8. The third-order valence-corrected chi connectivity index (χ3v) is 7.36. The second-order valence-electron chi connectivity index (χ2n) is 10.3. The first-order valence-corrected chi connectivity index (χ1v) is 14.3. The predicted molar refractivity (Wildman–Crippen MR) is 159 cm³/mol. The summed E-state index contributed by atoms with van der Waals surface area (Å²) in [7, 11) is 3.29. The number of piperidine rings is 1. The molecule has 0 aliphatic carbocycles. The molecular formula is C29H40N8O4. The molecule has 0 bridgehead atoms. The lowest BCUT2D eigenvalue weighted by molar-refractivity contribution is 0.0495. The molecule has 4 heterocycles. The number of carbonyl (C=O) groups excluding carboxylic acids is 1. The van der Waals surface area contributed by atoms with Crippen molar-refractivity contribution in [1.29, 1.82) is 0 Å². The van der Waals surface area contributed by atoms with E-state index in [9.17, 15) is 14.4 Å². The van der Waals surface area contributed by atoms with Gasteiger partial charge in [0.1, 0.15) is 5.82 Å². The fourth-order valence-corrected chi connectivity index (χ4v) is 5.11. The molecule has 1 aliphatic rings. The van der Waals surface area contributed by atoms with Crippen LogP contribution in [0.1, 0.15) is 68.4 Å². The number of fused-ring (bicyclic) bond motifs is 1. The molecule has 0 saturated carbocycles. The summed E-state index contributed by atoms with van der Waals surface area (Å²) in [6.07, 6.45) is 5.71. The fourth-order valence-electron chi connectivity index (χ4n) is 5.11. The second-order valence-corrected chi connectivity index (χ2v) is 10.3. The van der Waals surface area contributed by atoms with Crippen LogP contribution in [0.4, 0.5) is 11.8 Å². The van der Waals surface area contributed by atoms with E-state index in [4.69, 9.17) is 15.5 Å². The van der Waals surface area contributed by atoms with Crippen LogP contribution in [0.5, 0.6) is 0 Å². The van der Waals surface area contributed by atoms with E-state index in [-0.39, 0.29) is 41.6 Å². The van der Waals surface area contributed by atoms with Crippen LogP contribution in [0.3, 0.4) is 0 Å². The molecule has 0 spiro atoms. The van der Waals surface area contributed by atoms with Crippen LogP contribution < -0.4 is 27.2 Å². The van der Waals surface area contributed by atoms with Crippen LogP contribution >= 0.6 is 0 Å². The van der Waals surface area contributed by atoms with Crippen LogP contribution in [-0.4, -0.2) is 62.4 Å². The highest BCUT2D eigenvalue weighted by Gasteiger charge is 2.27. The molecule has 3 aromatic rings. The van der Waals surface area contributed by atoms with Crippen molar-refractivity contribution in [3.8, 4) is 11.8 Å². The third kappa shape index (κ3) is 6.46. The summed E-state index contributed by atoms with van der Waals surface area (Å²) >= 11 is 0. The number of rotatable bonds is 11. The van der Waals surface area contributed by atoms with E-state index in [0.717, 1.165) is 49.6 Å². The minimum Gasteiger partial charge on any atom is -0.462 e. The van der Waals surface area contributed by atoms with Crippen LogP contribution in [0.2, 0.25) is 0 Å². The summed E-state index contributed by atoms with van der Waals surface area (Å²) in [6.45, 7) is 5.48. The van der Waals surface area contributed by atoms with Gasteiger partial charge in [-0.05, 0) is 38.3 Å². The molecule has 12 heteroatoms. The topological polar surface area (TPSA) is 142 Å². The Kier molecular flexibility index (Phi) is 9.83. The highest BCUT2D eigenvalue weighted by atomic mass is 16.5. The smallest absolute Gasteiger partial charge is 0.340 e. The maximum atomic E-state index is 14.0. The Bertz CT molecular complexity index is 1580. The molecule has 1 saturated heterocycles. The van der Waals surface area contributed by atoms with Crippen molar-refractivity contribution in [2.75, 3.05) is 37.0 Å². The molecule has 1 atom stereocenters. The number of unbranched alkanes of at least 4 members (excludes halogenated alkanes) is 3. The Hall–Kier alpha value is -4.11. The summed E-state index contributed by atoms with van der Waals surface area (Å²) in [6, 6.07) is 3.26. The second kappa shape index (κ2) is 13.5. The largest absolute Gasteiger partial charge is 0.462 e. The number of nitrogens with one attached hydrogen (secondary N) is 1. The molecule has 12 nitrogen and oxygen atoms in total. The van der Waals surface area contributed by atoms with Crippen molar-refractivity contribution in [2.45, 2.75) is 71.5 Å². The number of nitrogens with zero attached hydrogens (tertiary/aromatic N) is 6. The Morgan fingerprint density at radius 2 is 2.00 bits per heavy atom. The maximum Gasteiger partial charge on any atom is 0.340 e. The highest BCUT2D eigenvalue weighted by Crippen LogP contribution is 2.23. The zero-order valence-electron chi connectivity index (χ0n) is 24.4. The van der Waals surface area contributed by atoms with E-state index in [1.54, 1.807) is 37.7 Å². The normalized spacial score (nSPS) is 15.0. The molecule has 1 aliphatic heterocycles. The van der Waals surface area contributed by atoms with Crippen LogP contribution in [0, 0.1) is 11.8 Å². The van der Waals surface area contributed by atoms with E-state index in [1.807, 2.05) is 4.90 Å². The maximum absolute atomic E-state index is 14.0. The minimum atomic E-state index is -0.564. The van der Waals surface area contributed by atoms with Gasteiger partial charge in [0.15, 0.2) is 11.2 Å². The molecule has 1 fully saturated rings. The molecule has 0 amide bonds. The van der Waals surface area contributed by atoms with Crippen molar-refractivity contribution >= 4 is 28.9 Å². The quantitative estimate of drug-likeness (QED) is 0.203. The van der Waals surface area contributed by atoms with Gasteiger partial charge in [0.25, 0.3) is 5.56 Å². The standard InChI is InChI=1S/C29H40N8O4/c1-5-7-9-10-17-41-27(39)21-13-14-23(31-3)32-22(21)19-37-26(38)24-25(34(4)29(37)40)33-28(36(24)16-8-6-2)35-15-11-12-20(30)18-35/h13-14,20H,5,7,9-12,15-19,30H2,1-4H3,(H,31,32). The number of imidazole rings is 1. The van der Waals surface area contributed by atoms with Crippen molar-refractivity contribution in [1.82, 2.24) is 23.7 Å². The van der Waals surface area contributed by atoms with E-state index in [0.29, 0.717) is 24.9 Å². The van der Waals surface area contributed by atoms with Gasteiger partial charge in [-0.15, -0.1) is 5.92 Å². The minimum absolute atomic E-state index is 0.00917. The highest BCUT2D eigenvalue weighted by molar-refractivity contribution is 5.91. The van der Waals surface area contributed by atoms with E-state index >= 15 is 0 Å². The van der Waals surface area contributed by atoms with Crippen molar-refractivity contribution < 1.29 is 9.53 Å². The first kappa shape index (κ1) is 29.9. The molecule has 1 unspecified atom stereocenters. The molecule has 220 valence electrons. The summed E-state index contributed by atoms with van der Waals surface area (Å²) in [4.78, 5) is 51.9. The van der Waals surface area contributed by atoms with Crippen molar-refractivity contribution in [2.24, 2.45) is 12.8 Å². The number of ether oxygens (including phenoxy) is 1. The van der Waals surface area contributed by atoms with E-state index in [1.165, 1.54) is 4.57 Å². The van der Waals surface area contributed by atoms with Crippen LogP contribution in [-0.2, 0) is 24.9 Å². The average molecular weight is 565 g/mol. The SMILES string of the molecule is CC#CCn1c(N2CCCC(N)C2)nc2c1c(=O)n(Cc1nc(NC)ccc1C(=O)OCCCCCC)c(=O)n2C. The van der Waals surface area contributed by atoms with Crippen molar-refractivity contribution in [3.63, 3.8) is 0 Å². The number of aryl methyl sites for hydroxylation is 1. The lowest BCUT2D eigenvalue weighted by Crippen LogP contribution is -2.44. The van der Waals surface area contributed by atoms with Crippen LogP contribution in [0.15, 0.2) is 21.7 Å². The van der Waals surface area contributed by atoms with Gasteiger partial charge < -0.3 is 20.7 Å². The molecule has 41 heavy (non-hydrogen) atoms. The van der Waals surface area contributed by atoms with Gasteiger partial charge in [0.05, 0.1) is 31.0 Å². The monoisotopic (exact) mass is 564 g/mol. The number of pyridine rings is 1. The number of esters is 1. The first-order valence-electron chi connectivity index (χ1n) is 14.3. The molecule has 0 radical (unpaired) electrons. The number of hydrogen-bond acceptors (Lipinski definition) is 9. The van der Waals surface area contributed by atoms with Gasteiger partial charge in [0.2, 0.25) is 5.95 Å².